The number of benzene rings is 1. The van der Waals surface area contributed by atoms with Gasteiger partial charge in [-0.25, -0.2) is 8.78 Å². The van der Waals surface area contributed by atoms with E-state index < -0.39 is 29.0 Å². The van der Waals surface area contributed by atoms with E-state index in [1.807, 2.05) is 13.8 Å². The molecule has 0 spiro atoms. The van der Waals surface area contributed by atoms with E-state index in [1.165, 1.54) is 7.05 Å². The van der Waals surface area contributed by atoms with Crippen LogP contribution >= 0.6 is 0 Å². The Morgan fingerprint density at radius 2 is 1.95 bits per heavy atom. The number of rotatable bonds is 5. The van der Waals surface area contributed by atoms with Crippen LogP contribution in [0.15, 0.2) is 12.1 Å². The predicted molar refractivity (Wildman–Crippen MR) is 75.6 cm³/mol. The van der Waals surface area contributed by atoms with Crippen molar-refractivity contribution in [1.82, 2.24) is 10.2 Å². The zero-order valence-corrected chi connectivity index (χ0v) is 12.2. The molecule has 0 bridgehead atoms. The average Bonchev–Trinajstić information content (AvgIpc) is 2.41. The minimum absolute atomic E-state index is 0.263. The number of hydrogen-bond acceptors (Lipinski definition) is 3. The van der Waals surface area contributed by atoms with Gasteiger partial charge < -0.3 is 16.0 Å². The van der Waals surface area contributed by atoms with Gasteiger partial charge in [0.1, 0.15) is 11.4 Å². The van der Waals surface area contributed by atoms with Crippen molar-refractivity contribution in [1.29, 1.82) is 0 Å². The molecule has 0 atom stereocenters. The lowest BCUT2D eigenvalue weighted by Gasteiger charge is -2.18. The van der Waals surface area contributed by atoms with Crippen molar-refractivity contribution in [2.45, 2.75) is 13.8 Å². The summed E-state index contributed by atoms with van der Waals surface area (Å²) in [6, 6.07) is 1.95. The Labute approximate surface area is 122 Å². The molecule has 0 fully saturated rings. The summed E-state index contributed by atoms with van der Waals surface area (Å²) < 4.78 is 27.3. The van der Waals surface area contributed by atoms with Crippen LogP contribution < -0.4 is 11.1 Å². The third-order valence-electron chi connectivity index (χ3n) is 2.77. The van der Waals surface area contributed by atoms with Gasteiger partial charge >= 0.3 is 0 Å². The lowest BCUT2D eigenvalue weighted by atomic mass is 10.1. The fraction of sp³-hybridized carbons (Fsp3) is 0.429. The largest absolute Gasteiger partial charge is 0.396 e. The van der Waals surface area contributed by atoms with Crippen LogP contribution in [0.1, 0.15) is 24.2 Å². The first-order valence-corrected chi connectivity index (χ1v) is 6.49. The normalized spacial score (nSPS) is 10.6. The lowest BCUT2D eigenvalue weighted by Crippen LogP contribution is -2.40. The van der Waals surface area contributed by atoms with E-state index in [0.717, 1.165) is 17.0 Å². The van der Waals surface area contributed by atoms with Gasteiger partial charge in [-0.2, -0.15) is 0 Å². The van der Waals surface area contributed by atoms with E-state index in [1.54, 1.807) is 0 Å². The summed E-state index contributed by atoms with van der Waals surface area (Å²) in [5, 5.41) is 2.61. The third kappa shape index (κ3) is 4.40. The Hall–Kier alpha value is -2.18. The van der Waals surface area contributed by atoms with E-state index in [0.29, 0.717) is 6.54 Å². The minimum atomic E-state index is -1.12. The molecule has 0 saturated carbocycles. The molecule has 116 valence electrons. The average molecular weight is 299 g/mol. The van der Waals surface area contributed by atoms with Gasteiger partial charge in [0.05, 0.1) is 12.2 Å². The van der Waals surface area contributed by atoms with Gasteiger partial charge in [-0.15, -0.1) is 0 Å². The Bertz CT molecular complexity index is 547. The highest BCUT2D eigenvalue weighted by atomic mass is 19.1. The molecule has 1 rings (SSSR count). The monoisotopic (exact) mass is 299 g/mol. The fourth-order valence-electron chi connectivity index (χ4n) is 1.62. The van der Waals surface area contributed by atoms with Crippen LogP contribution in [0.4, 0.5) is 14.5 Å². The van der Waals surface area contributed by atoms with Crippen LogP contribution in [0.25, 0.3) is 0 Å². The SMILES string of the molecule is CC(C)CNC(=O)CN(C)C(=O)c1c(F)ccc(N)c1F. The Balaban J connectivity index is 2.80. The van der Waals surface area contributed by atoms with Gasteiger partial charge in [-0.3, -0.25) is 9.59 Å². The molecule has 21 heavy (non-hydrogen) atoms. The summed E-state index contributed by atoms with van der Waals surface area (Å²) in [6.45, 7) is 4.01. The number of carbonyl (C=O) groups is 2. The fourth-order valence-corrected chi connectivity index (χ4v) is 1.62. The second-order valence-electron chi connectivity index (χ2n) is 5.18. The van der Waals surface area contributed by atoms with Crippen molar-refractivity contribution < 1.29 is 18.4 Å². The Kier molecular flexibility index (Phi) is 5.63. The second-order valence-corrected chi connectivity index (χ2v) is 5.18. The molecule has 0 aliphatic heterocycles. The van der Waals surface area contributed by atoms with Crippen molar-refractivity contribution in [2.24, 2.45) is 5.92 Å². The number of nitrogen functional groups attached to an aromatic ring is 1. The van der Waals surface area contributed by atoms with Gasteiger partial charge in [0.25, 0.3) is 5.91 Å². The topological polar surface area (TPSA) is 75.4 Å². The number of likely N-dealkylation sites (N-methyl/N-ethyl adjacent to an activating group) is 1. The molecule has 5 nitrogen and oxygen atoms in total. The quantitative estimate of drug-likeness (QED) is 0.807. The molecule has 0 aromatic heterocycles. The molecule has 3 N–H and O–H groups in total. The smallest absolute Gasteiger partial charge is 0.260 e. The molecule has 7 heteroatoms. The summed E-state index contributed by atoms with van der Waals surface area (Å²) in [4.78, 5) is 24.6. The van der Waals surface area contributed by atoms with Crippen molar-refractivity contribution in [2.75, 3.05) is 25.9 Å². The Morgan fingerprint density at radius 3 is 2.52 bits per heavy atom. The molecule has 0 radical (unpaired) electrons. The van der Waals surface area contributed by atoms with Gasteiger partial charge in [-0.05, 0) is 18.1 Å². The van der Waals surface area contributed by atoms with Crippen LogP contribution in [0.3, 0.4) is 0 Å². The summed E-state index contributed by atoms with van der Waals surface area (Å²) >= 11 is 0. The van der Waals surface area contributed by atoms with E-state index in [-0.39, 0.29) is 18.2 Å². The number of nitrogens with zero attached hydrogens (tertiary/aromatic N) is 1. The number of nitrogens with one attached hydrogen (secondary N) is 1. The first-order valence-electron chi connectivity index (χ1n) is 6.49. The van der Waals surface area contributed by atoms with Crippen molar-refractivity contribution in [3.8, 4) is 0 Å². The lowest BCUT2D eigenvalue weighted by molar-refractivity contribution is -0.121. The summed E-state index contributed by atoms with van der Waals surface area (Å²) in [5.74, 6) is -3.20. The maximum atomic E-state index is 13.8. The molecular weight excluding hydrogens is 280 g/mol. The van der Waals surface area contributed by atoms with Gasteiger partial charge in [0, 0.05) is 13.6 Å². The number of amides is 2. The maximum absolute atomic E-state index is 13.8. The summed E-state index contributed by atoms with van der Waals surface area (Å²) in [7, 11) is 1.29. The number of hydrogen-bond donors (Lipinski definition) is 2. The molecule has 2 amide bonds. The van der Waals surface area contributed by atoms with Crippen LogP contribution in [-0.4, -0.2) is 36.9 Å². The minimum Gasteiger partial charge on any atom is -0.396 e. The molecule has 0 saturated heterocycles. The Morgan fingerprint density at radius 1 is 1.33 bits per heavy atom. The van der Waals surface area contributed by atoms with E-state index in [4.69, 9.17) is 5.73 Å². The van der Waals surface area contributed by atoms with Gasteiger partial charge in [0.15, 0.2) is 5.82 Å². The van der Waals surface area contributed by atoms with E-state index in [9.17, 15) is 18.4 Å². The van der Waals surface area contributed by atoms with Crippen molar-refractivity contribution in [3.05, 3.63) is 29.3 Å². The number of nitrogens with two attached hydrogens (primary N) is 1. The number of carbonyl (C=O) groups excluding carboxylic acids is 2. The van der Waals surface area contributed by atoms with E-state index in [2.05, 4.69) is 5.32 Å². The molecule has 0 aliphatic carbocycles. The van der Waals surface area contributed by atoms with Gasteiger partial charge in [0.2, 0.25) is 5.91 Å². The van der Waals surface area contributed by atoms with Crippen LogP contribution in [0.2, 0.25) is 0 Å². The molecule has 0 unspecified atom stereocenters. The maximum Gasteiger partial charge on any atom is 0.260 e. The molecule has 1 aromatic carbocycles. The van der Waals surface area contributed by atoms with Crippen molar-refractivity contribution in [3.63, 3.8) is 0 Å². The van der Waals surface area contributed by atoms with Crippen LogP contribution in [-0.2, 0) is 4.79 Å². The first-order chi connectivity index (χ1) is 9.73. The van der Waals surface area contributed by atoms with Gasteiger partial charge in [-0.1, -0.05) is 13.8 Å². The standard InChI is InChI=1S/C14H19F2N3O2/c1-8(2)6-18-11(20)7-19(3)14(21)12-9(15)4-5-10(17)13(12)16/h4-5,8H,6-7,17H2,1-3H3,(H,18,20). The van der Waals surface area contributed by atoms with Crippen LogP contribution in [0.5, 0.6) is 0 Å². The number of halogens is 2. The first kappa shape index (κ1) is 16.9. The molecule has 0 aliphatic rings. The number of anilines is 1. The van der Waals surface area contributed by atoms with E-state index >= 15 is 0 Å². The molecule has 1 aromatic rings. The summed E-state index contributed by atoms with van der Waals surface area (Å²) in [5.41, 5.74) is 4.24. The summed E-state index contributed by atoms with van der Waals surface area (Å²) in [6.07, 6.45) is 0. The van der Waals surface area contributed by atoms with Crippen LogP contribution in [0, 0.1) is 17.6 Å². The molecule has 0 heterocycles. The van der Waals surface area contributed by atoms with Crippen molar-refractivity contribution >= 4 is 17.5 Å². The third-order valence-corrected chi connectivity index (χ3v) is 2.77. The molecular formula is C14H19F2N3O2. The highest BCUT2D eigenvalue weighted by Crippen LogP contribution is 2.19. The highest BCUT2D eigenvalue weighted by molar-refractivity contribution is 5.97. The second kappa shape index (κ2) is 7.01. The highest BCUT2D eigenvalue weighted by Gasteiger charge is 2.23. The zero-order chi connectivity index (χ0) is 16.2. The predicted octanol–water partition coefficient (Wildman–Crippen LogP) is 1.39. The zero-order valence-electron chi connectivity index (χ0n) is 12.2.